The Labute approximate surface area is 200 Å². The molecule has 0 unspecified atom stereocenters. The van der Waals surface area contributed by atoms with Crippen molar-refractivity contribution in [2.75, 3.05) is 13.2 Å². The first-order valence-corrected chi connectivity index (χ1v) is 15.9. The summed E-state index contributed by atoms with van der Waals surface area (Å²) in [6, 6.07) is 0.117. The van der Waals surface area contributed by atoms with Crippen LogP contribution in [-0.4, -0.2) is 38.5 Å². The van der Waals surface area contributed by atoms with E-state index in [-0.39, 0.29) is 23.2 Å². The highest BCUT2D eigenvalue weighted by atomic mass is 32.1. The van der Waals surface area contributed by atoms with Gasteiger partial charge in [0.2, 0.25) is 0 Å². The molecular formula is C24H46N2O4SSi. The van der Waals surface area contributed by atoms with Crippen LogP contribution in [0.5, 0.6) is 0 Å². The minimum absolute atomic E-state index is 0.0724. The van der Waals surface area contributed by atoms with E-state index in [9.17, 15) is 4.79 Å². The number of hydroxylamine groups is 1. The van der Waals surface area contributed by atoms with Crippen molar-refractivity contribution in [2.45, 2.75) is 111 Å². The van der Waals surface area contributed by atoms with Crippen LogP contribution in [0.15, 0.2) is 5.38 Å². The van der Waals surface area contributed by atoms with E-state index in [2.05, 4.69) is 65.1 Å². The summed E-state index contributed by atoms with van der Waals surface area (Å²) in [7, 11) is -2.06. The standard InChI is InChI=1S/C24H46N2O4SSi/c1-10-12-13-14-15-29-26-19(18(3)4)16-21(30-32(8,9)24(5,6)7)22-25-20(17-31-22)23(27)28-11-2/h17-19,21,26H,10-16H2,1-9H3/t19-,21-/m1/s1. The van der Waals surface area contributed by atoms with Crippen molar-refractivity contribution in [3.63, 3.8) is 0 Å². The number of carbonyl (C=O) groups is 1. The second kappa shape index (κ2) is 13.8. The van der Waals surface area contributed by atoms with Gasteiger partial charge < -0.3 is 14.0 Å². The third kappa shape index (κ3) is 9.59. The highest BCUT2D eigenvalue weighted by Crippen LogP contribution is 2.41. The number of hydrogen-bond acceptors (Lipinski definition) is 7. The smallest absolute Gasteiger partial charge is 0.357 e. The number of thiazole rings is 1. The maximum atomic E-state index is 12.2. The van der Waals surface area contributed by atoms with Gasteiger partial charge in [0.25, 0.3) is 0 Å². The Kier molecular flexibility index (Phi) is 12.6. The van der Waals surface area contributed by atoms with Crippen LogP contribution in [0.3, 0.4) is 0 Å². The quantitative estimate of drug-likeness (QED) is 0.126. The van der Waals surface area contributed by atoms with Crippen molar-refractivity contribution >= 4 is 25.6 Å². The van der Waals surface area contributed by atoms with E-state index >= 15 is 0 Å². The zero-order valence-electron chi connectivity index (χ0n) is 21.7. The number of nitrogens with zero attached hydrogens (tertiary/aromatic N) is 1. The number of unbranched alkanes of at least 4 members (excludes halogenated alkanes) is 3. The molecule has 1 aromatic rings. The Morgan fingerprint density at radius 3 is 2.44 bits per heavy atom. The molecule has 0 saturated heterocycles. The minimum atomic E-state index is -2.06. The molecule has 32 heavy (non-hydrogen) atoms. The lowest BCUT2D eigenvalue weighted by molar-refractivity contribution is -0.0105. The lowest BCUT2D eigenvalue weighted by Gasteiger charge is -2.40. The van der Waals surface area contributed by atoms with Crippen LogP contribution in [0.25, 0.3) is 0 Å². The molecule has 186 valence electrons. The Hall–Kier alpha value is -0.803. The molecule has 1 rings (SSSR count). The Balaban J connectivity index is 2.99. The number of ether oxygens (including phenoxy) is 1. The van der Waals surface area contributed by atoms with Crippen molar-refractivity contribution in [2.24, 2.45) is 5.92 Å². The first-order chi connectivity index (χ1) is 14.9. The summed E-state index contributed by atoms with van der Waals surface area (Å²) in [6.07, 6.45) is 5.24. The Bertz CT molecular complexity index is 673. The van der Waals surface area contributed by atoms with Crippen LogP contribution < -0.4 is 5.48 Å². The fraction of sp³-hybridized carbons (Fsp3) is 0.833. The summed E-state index contributed by atoms with van der Waals surface area (Å²) in [5.74, 6) is -0.0179. The summed E-state index contributed by atoms with van der Waals surface area (Å²) in [6.45, 7) is 20.6. The summed E-state index contributed by atoms with van der Waals surface area (Å²) in [4.78, 5) is 22.6. The van der Waals surface area contributed by atoms with Crippen molar-refractivity contribution in [1.82, 2.24) is 10.5 Å². The fourth-order valence-electron chi connectivity index (χ4n) is 2.92. The average Bonchev–Trinajstić information content (AvgIpc) is 3.18. The molecule has 0 bridgehead atoms. The number of esters is 1. The molecular weight excluding hydrogens is 440 g/mol. The van der Waals surface area contributed by atoms with E-state index in [1.54, 1.807) is 12.3 Å². The second-order valence-corrected chi connectivity index (χ2v) is 15.9. The van der Waals surface area contributed by atoms with E-state index in [0.29, 0.717) is 24.8 Å². The Morgan fingerprint density at radius 2 is 1.88 bits per heavy atom. The van der Waals surface area contributed by atoms with Gasteiger partial charge in [0.1, 0.15) is 5.01 Å². The van der Waals surface area contributed by atoms with E-state index in [4.69, 9.17) is 14.0 Å². The van der Waals surface area contributed by atoms with Gasteiger partial charge in [-0.3, -0.25) is 0 Å². The molecule has 1 heterocycles. The lowest BCUT2D eigenvalue weighted by Crippen LogP contribution is -2.44. The fourth-order valence-corrected chi connectivity index (χ4v) is 5.11. The van der Waals surface area contributed by atoms with Gasteiger partial charge in [-0.05, 0) is 43.8 Å². The molecule has 0 aromatic carbocycles. The zero-order chi connectivity index (χ0) is 24.4. The molecule has 0 fully saturated rings. The molecule has 0 aliphatic rings. The van der Waals surface area contributed by atoms with E-state index < -0.39 is 8.32 Å². The first kappa shape index (κ1) is 29.2. The second-order valence-electron chi connectivity index (χ2n) is 10.3. The molecule has 0 aliphatic carbocycles. The topological polar surface area (TPSA) is 69.7 Å². The first-order valence-electron chi connectivity index (χ1n) is 12.1. The van der Waals surface area contributed by atoms with Crippen LogP contribution in [0.4, 0.5) is 0 Å². The largest absolute Gasteiger partial charge is 0.461 e. The van der Waals surface area contributed by atoms with Gasteiger partial charge in [0.05, 0.1) is 19.3 Å². The van der Waals surface area contributed by atoms with Crippen molar-refractivity contribution < 1.29 is 18.8 Å². The number of hydrogen-bond donors (Lipinski definition) is 1. The molecule has 0 saturated carbocycles. The summed E-state index contributed by atoms with van der Waals surface area (Å²) >= 11 is 1.47. The average molecular weight is 487 g/mol. The molecule has 1 aromatic heterocycles. The summed E-state index contributed by atoms with van der Waals surface area (Å²) in [5, 5.41) is 2.67. The van der Waals surface area contributed by atoms with Gasteiger partial charge in [-0.25, -0.2) is 9.78 Å². The lowest BCUT2D eigenvalue weighted by atomic mass is 9.99. The highest BCUT2D eigenvalue weighted by Gasteiger charge is 2.41. The van der Waals surface area contributed by atoms with Crippen molar-refractivity contribution in [1.29, 1.82) is 0 Å². The van der Waals surface area contributed by atoms with Gasteiger partial charge in [0, 0.05) is 11.4 Å². The maximum absolute atomic E-state index is 12.2. The molecule has 0 amide bonds. The van der Waals surface area contributed by atoms with E-state index in [1.165, 1.54) is 30.6 Å². The van der Waals surface area contributed by atoms with Crippen molar-refractivity contribution in [3.05, 3.63) is 16.1 Å². The van der Waals surface area contributed by atoms with Crippen LogP contribution in [0, 0.1) is 5.92 Å². The van der Waals surface area contributed by atoms with E-state index in [1.807, 2.05) is 0 Å². The third-order valence-corrected chi connectivity index (χ3v) is 11.6. The van der Waals surface area contributed by atoms with Crippen LogP contribution in [-0.2, 0) is 14.0 Å². The predicted octanol–water partition coefficient (Wildman–Crippen LogP) is 6.90. The van der Waals surface area contributed by atoms with Crippen LogP contribution in [0.1, 0.15) is 102 Å². The minimum Gasteiger partial charge on any atom is -0.461 e. The molecule has 0 radical (unpaired) electrons. The van der Waals surface area contributed by atoms with Gasteiger partial charge in [-0.1, -0.05) is 60.8 Å². The van der Waals surface area contributed by atoms with Gasteiger partial charge in [-0.2, -0.15) is 5.48 Å². The van der Waals surface area contributed by atoms with Gasteiger partial charge in [-0.15, -0.1) is 11.3 Å². The Morgan fingerprint density at radius 1 is 1.19 bits per heavy atom. The number of aromatic nitrogens is 1. The predicted molar refractivity (Wildman–Crippen MR) is 136 cm³/mol. The van der Waals surface area contributed by atoms with Crippen molar-refractivity contribution in [3.8, 4) is 0 Å². The third-order valence-electron chi connectivity index (χ3n) is 6.13. The van der Waals surface area contributed by atoms with E-state index in [0.717, 1.165) is 17.8 Å². The highest BCUT2D eigenvalue weighted by molar-refractivity contribution is 7.09. The molecule has 0 spiro atoms. The van der Waals surface area contributed by atoms with Crippen LogP contribution >= 0.6 is 11.3 Å². The number of carbonyl (C=O) groups excluding carboxylic acids is 1. The maximum Gasteiger partial charge on any atom is 0.357 e. The van der Waals surface area contributed by atoms with Crippen LogP contribution in [0.2, 0.25) is 18.1 Å². The molecule has 6 nitrogen and oxygen atoms in total. The molecule has 1 N–H and O–H groups in total. The monoisotopic (exact) mass is 486 g/mol. The molecule has 2 atom stereocenters. The number of rotatable bonds is 15. The zero-order valence-corrected chi connectivity index (χ0v) is 23.6. The number of nitrogens with one attached hydrogen (secondary N) is 1. The van der Waals surface area contributed by atoms with Gasteiger partial charge >= 0.3 is 5.97 Å². The summed E-state index contributed by atoms with van der Waals surface area (Å²) < 4.78 is 12.0. The summed E-state index contributed by atoms with van der Waals surface area (Å²) in [5.41, 5.74) is 3.65. The normalized spacial score (nSPS) is 14.6. The SMILES string of the molecule is CCCCCCON[C@H](C[C@@H](O[Si](C)(C)C(C)(C)C)c1nc(C(=O)OCC)cs1)C(C)C. The molecule has 8 heteroatoms. The van der Waals surface area contributed by atoms with Gasteiger partial charge in [0.15, 0.2) is 14.0 Å². The molecule has 0 aliphatic heterocycles.